The van der Waals surface area contributed by atoms with Crippen molar-refractivity contribution in [3.05, 3.63) is 23.8 Å². The summed E-state index contributed by atoms with van der Waals surface area (Å²) in [7, 11) is 0. The molecule has 6 heteroatoms. The van der Waals surface area contributed by atoms with Crippen LogP contribution in [0.2, 0.25) is 0 Å². The Bertz CT molecular complexity index is 368. The van der Waals surface area contributed by atoms with Crippen LogP contribution in [0.1, 0.15) is 10.4 Å². The lowest BCUT2D eigenvalue weighted by Crippen LogP contribution is -2.11. The van der Waals surface area contributed by atoms with E-state index in [-0.39, 0.29) is 17.0 Å². The lowest BCUT2D eigenvalue weighted by Gasteiger charge is -2.09. The highest BCUT2D eigenvalue weighted by Crippen LogP contribution is 2.24. The van der Waals surface area contributed by atoms with Crippen molar-refractivity contribution < 1.29 is 23.4 Å². The number of carboxylic acids is 1. The lowest BCUT2D eigenvalue weighted by molar-refractivity contribution is 0.0665. The summed E-state index contributed by atoms with van der Waals surface area (Å²) in [5.41, 5.74) is 5.07. The summed E-state index contributed by atoms with van der Waals surface area (Å²) in [4.78, 5) is 10.7. The number of alkyl halides is 2. The van der Waals surface area contributed by atoms with Crippen molar-refractivity contribution >= 4 is 11.7 Å². The minimum Gasteiger partial charge on any atom is -0.487 e. The van der Waals surface area contributed by atoms with Gasteiger partial charge in [0, 0.05) is 5.69 Å². The second kappa shape index (κ2) is 4.59. The van der Waals surface area contributed by atoms with E-state index in [2.05, 4.69) is 4.74 Å². The minimum atomic E-state index is -2.66. The van der Waals surface area contributed by atoms with Gasteiger partial charge in [0.1, 0.15) is 17.9 Å². The molecule has 0 bridgehead atoms. The first kappa shape index (κ1) is 11.2. The summed E-state index contributed by atoms with van der Waals surface area (Å²) >= 11 is 0. The molecule has 3 N–H and O–H groups in total. The van der Waals surface area contributed by atoms with Gasteiger partial charge in [0.15, 0.2) is 0 Å². The van der Waals surface area contributed by atoms with E-state index in [4.69, 9.17) is 10.8 Å². The standard InChI is InChI=1S/C9H9F2NO3/c10-7(11)4-15-6-3-1-2-5(12)8(6)9(13)14/h1-3,7H,4,12H2,(H,13,14). The van der Waals surface area contributed by atoms with Gasteiger partial charge < -0.3 is 15.6 Å². The molecule has 0 atom stereocenters. The Kier molecular flexibility index (Phi) is 3.43. The van der Waals surface area contributed by atoms with Crippen LogP contribution in [0.15, 0.2) is 18.2 Å². The molecular formula is C9H9F2NO3. The molecule has 0 saturated carbocycles. The fourth-order valence-corrected chi connectivity index (χ4v) is 1.05. The van der Waals surface area contributed by atoms with Gasteiger partial charge in [-0.25, -0.2) is 13.6 Å². The van der Waals surface area contributed by atoms with Crippen LogP contribution in [-0.2, 0) is 0 Å². The van der Waals surface area contributed by atoms with Crippen LogP contribution < -0.4 is 10.5 Å². The van der Waals surface area contributed by atoms with Crippen LogP contribution in [0.5, 0.6) is 5.75 Å². The Morgan fingerprint density at radius 2 is 2.20 bits per heavy atom. The Labute approximate surface area is 84.3 Å². The van der Waals surface area contributed by atoms with Crippen LogP contribution in [-0.4, -0.2) is 24.1 Å². The number of nitrogens with two attached hydrogens (primary N) is 1. The molecule has 1 aromatic rings. The van der Waals surface area contributed by atoms with Gasteiger partial charge in [0.05, 0.1) is 0 Å². The monoisotopic (exact) mass is 217 g/mol. The highest BCUT2D eigenvalue weighted by atomic mass is 19.3. The van der Waals surface area contributed by atoms with E-state index in [9.17, 15) is 13.6 Å². The summed E-state index contributed by atoms with van der Waals surface area (Å²) in [5.74, 6) is -1.46. The van der Waals surface area contributed by atoms with Gasteiger partial charge in [-0.05, 0) is 12.1 Å². The predicted octanol–water partition coefficient (Wildman–Crippen LogP) is 1.61. The molecule has 0 amide bonds. The molecule has 4 nitrogen and oxygen atoms in total. The first-order valence-corrected chi connectivity index (χ1v) is 4.05. The van der Waals surface area contributed by atoms with Gasteiger partial charge in [0.25, 0.3) is 6.43 Å². The number of nitrogen functional groups attached to an aromatic ring is 1. The molecule has 82 valence electrons. The maximum absolute atomic E-state index is 11.9. The van der Waals surface area contributed by atoms with Crippen molar-refractivity contribution in [1.29, 1.82) is 0 Å². The number of anilines is 1. The normalized spacial score (nSPS) is 10.3. The number of benzene rings is 1. The first-order valence-electron chi connectivity index (χ1n) is 4.05. The molecule has 0 aromatic heterocycles. The van der Waals surface area contributed by atoms with Gasteiger partial charge in [0.2, 0.25) is 0 Å². The Morgan fingerprint density at radius 3 is 2.73 bits per heavy atom. The predicted molar refractivity (Wildman–Crippen MR) is 49.3 cm³/mol. The molecule has 0 unspecified atom stereocenters. The molecule has 1 aromatic carbocycles. The van der Waals surface area contributed by atoms with Crippen molar-refractivity contribution in [3.63, 3.8) is 0 Å². The van der Waals surface area contributed by atoms with Crippen LogP contribution in [0, 0.1) is 0 Å². The fourth-order valence-electron chi connectivity index (χ4n) is 1.05. The number of carbonyl (C=O) groups is 1. The molecule has 0 aliphatic heterocycles. The number of ether oxygens (including phenoxy) is 1. The summed E-state index contributed by atoms with van der Waals surface area (Å²) in [6.45, 7) is -0.857. The number of rotatable bonds is 4. The van der Waals surface area contributed by atoms with Crippen molar-refractivity contribution in [1.82, 2.24) is 0 Å². The van der Waals surface area contributed by atoms with Gasteiger partial charge >= 0.3 is 5.97 Å². The average Bonchev–Trinajstić information content (AvgIpc) is 2.13. The second-order valence-corrected chi connectivity index (χ2v) is 2.73. The van der Waals surface area contributed by atoms with Gasteiger partial charge in [-0.2, -0.15) is 0 Å². The Morgan fingerprint density at radius 1 is 1.53 bits per heavy atom. The summed E-state index contributed by atoms with van der Waals surface area (Å²) < 4.78 is 28.3. The highest BCUT2D eigenvalue weighted by molar-refractivity contribution is 5.96. The molecule has 0 aliphatic carbocycles. The van der Waals surface area contributed by atoms with E-state index in [1.807, 2.05) is 0 Å². The van der Waals surface area contributed by atoms with Gasteiger partial charge in [-0.3, -0.25) is 0 Å². The minimum absolute atomic E-state index is 0.0192. The molecule has 1 rings (SSSR count). The zero-order valence-electron chi connectivity index (χ0n) is 7.61. The smallest absolute Gasteiger partial charge is 0.341 e. The SMILES string of the molecule is Nc1cccc(OCC(F)F)c1C(=O)O. The van der Waals surface area contributed by atoms with Crippen molar-refractivity contribution in [2.75, 3.05) is 12.3 Å². The quantitative estimate of drug-likeness (QED) is 0.751. The third kappa shape index (κ3) is 2.80. The number of halogens is 2. The fraction of sp³-hybridized carbons (Fsp3) is 0.222. The number of hydrogen-bond acceptors (Lipinski definition) is 3. The lowest BCUT2D eigenvalue weighted by atomic mass is 10.1. The molecule has 15 heavy (non-hydrogen) atoms. The topological polar surface area (TPSA) is 72.5 Å². The maximum atomic E-state index is 11.9. The van der Waals surface area contributed by atoms with Crippen molar-refractivity contribution in [2.24, 2.45) is 0 Å². The summed E-state index contributed by atoms with van der Waals surface area (Å²) in [5, 5.41) is 8.76. The highest BCUT2D eigenvalue weighted by Gasteiger charge is 2.15. The molecule has 0 fully saturated rings. The number of aromatic carboxylic acids is 1. The van der Waals surface area contributed by atoms with E-state index >= 15 is 0 Å². The van der Waals surface area contributed by atoms with E-state index in [1.54, 1.807) is 0 Å². The zero-order chi connectivity index (χ0) is 11.4. The van der Waals surface area contributed by atoms with E-state index in [0.717, 1.165) is 0 Å². The molecule has 0 saturated heterocycles. The summed E-state index contributed by atoms with van der Waals surface area (Å²) in [6.07, 6.45) is -2.66. The van der Waals surface area contributed by atoms with Crippen LogP contribution in [0.4, 0.5) is 14.5 Å². The van der Waals surface area contributed by atoms with Crippen LogP contribution in [0.3, 0.4) is 0 Å². The molecule has 0 radical (unpaired) electrons. The van der Waals surface area contributed by atoms with Gasteiger partial charge in [-0.15, -0.1) is 0 Å². The van der Waals surface area contributed by atoms with Crippen LogP contribution in [0.25, 0.3) is 0 Å². The third-order valence-electron chi connectivity index (χ3n) is 1.64. The third-order valence-corrected chi connectivity index (χ3v) is 1.64. The van der Waals surface area contributed by atoms with E-state index in [0.29, 0.717) is 0 Å². The average molecular weight is 217 g/mol. The Hall–Kier alpha value is -1.85. The zero-order valence-corrected chi connectivity index (χ0v) is 7.61. The maximum Gasteiger partial charge on any atom is 0.341 e. The number of carboxylic acid groups (broad SMARTS) is 1. The molecule has 0 heterocycles. The first-order chi connectivity index (χ1) is 7.02. The van der Waals surface area contributed by atoms with Crippen LogP contribution >= 0.6 is 0 Å². The Balaban J connectivity index is 2.96. The van der Waals surface area contributed by atoms with E-state index in [1.165, 1.54) is 18.2 Å². The van der Waals surface area contributed by atoms with Gasteiger partial charge in [-0.1, -0.05) is 6.07 Å². The van der Waals surface area contributed by atoms with Crippen molar-refractivity contribution in [2.45, 2.75) is 6.43 Å². The molecule has 0 aliphatic rings. The van der Waals surface area contributed by atoms with E-state index < -0.39 is 19.0 Å². The molecule has 0 spiro atoms. The van der Waals surface area contributed by atoms with Crippen molar-refractivity contribution in [3.8, 4) is 5.75 Å². The second-order valence-electron chi connectivity index (χ2n) is 2.73. The molecular weight excluding hydrogens is 208 g/mol. The largest absolute Gasteiger partial charge is 0.487 e. The summed E-state index contributed by atoms with van der Waals surface area (Å²) in [6, 6.07) is 4.07. The number of hydrogen-bond donors (Lipinski definition) is 2.